The molecular formula is C21H20ClN3O2. The molecule has 1 amide bonds. The molecule has 1 fully saturated rings. The van der Waals surface area contributed by atoms with Crippen molar-refractivity contribution in [3.63, 3.8) is 0 Å². The van der Waals surface area contributed by atoms with Gasteiger partial charge in [0.15, 0.2) is 0 Å². The summed E-state index contributed by atoms with van der Waals surface area (Å²) in [6, 6.07) is 12.7. The zero-order valence-electron chi connectivity index (χ0n) is 15.0. The topological polar surface area (TPSA) is 64.1 Å². The molecular weight excluding hydrogens is 362 g/mol. The Morgan fingerprint density at radius 2 is 2.15 bits per heavy atom. The molecule has 4 rings (SSSR count). The smallest absolute Gasteiger partial charge is 0.252 e. The summed E-state index contributed by atoms with van der Waals surface area (Å²) in [5, 5.41) is 4.36. The van der Waals surface area contributed by atoms with E-state index >= 15 is 0 Å². The molecule has 3 heterocycles. The summed E-state index contributed by atoms with van der Waals surface area (Å²) in [4.78, 5) is 22.1. The number of pyridine rings is 2. The molecule has 1 aliphatic rings. The van der Waals surface area contributed by atoms with Crippen LogP contribution < -0.4 is 5.32 Å². The number of nitrogens with one attached hydrogen (secondary N) is 1. The van der Waals surface area contributed by atoms with Crippen LogP contribution in [0.5, 0.6) is 0 Å². The lowest BCUT2D eigenvalue weighted by Gasteiger charge is -2.20. The van der Waals surface area contributed by atoms with Gasteiger partial charge in [-0.1, -0.05) is 17.7 Å². The molecule has 27 heavy (non-hydrogen) atoms. The van der Waals surface area contributed by atoms with E-state index < -0.39 is 0 Å². The molecule has 6 heteroatoms. The molecule has 1 saturated heterocycles. The van der Waals surface area contributed by atoms with Gasteiger partial charge >= 0.3 is 0 Å². The largest absolute Gasteiger partial charge is 0.376 e. The molecule has 1 aliphatic heterocycles. The van der Waals surface area contributed by atoms with E-state index in [4.69, 9.17) is 16.3 Å². The monoisotopic (exact) mass is 381 g/mol. The molecule has 0 spiro atoms. The summed E-state index contributed by atoms with van der Waals surface area (Å²) < 4.78 is 5.69. The van der Waals surface area contributed by atoms with E-state index in [9.17, 15) is 4.79 Å². The number of benzene rings is 1. The molecule has 0 aliphatic carbocycles. The Morgan fingerprint density at radius 3 is 2.89 bits per heavy atom. The molecule has 0 unspecified atom stereocenters. The molecule has 1 aromatic carbocycles. The van der Waals surface area contributed by atoms with Crippen LogP contribution >= 0.6 is 11.6 Å². The average molecular weight is 382 g/mol. The van der Waals surface area contributed by atoms with Crippen molar-refractivity contribution in [2.24, 2.45) is 0 Å². The number of hydrogen-bond donors (Lipinski definition) is 1. The number of fused-ring (bicyclic) bond motifs is 1. The first-order chi connectivity index (χ1) is 13.1. The van der Waals surface area contributed by atoms with Crippen LogP contribution in [0.4, 0.5) is 0 Å². The highest BCUT2D eigenvalue weighted by Gasteiger charge is 2.25. The molecule has 3 aromatic rings. The number of halogens is 1. The summed E-state index contributed by atoms with van der Waals surface area (Å²) in [7, 11) is 0. The highest BCUT2D eigenvalue weighted by molar-refractivity contribution is 6.31. The van der Waals surface area contributed by atoms with Gasteiger partial charge in [-0.3, -0.25) is 9.78 Å². The lowest BCUT2D eigenvalue weighted by Crippen LogP contribution is -2.40. The second kappa shape index (κ2) is 7.62. The van der Waals surface area contributed by atoms with Crippen molar-refractivity contribution in [3.8, 4) is 11.4 Å². The Balaban J connectivity index is 1.75. The third kappa shape index (κ3) is 3.80. The number of hydrogen-bond acceptors (Lipinski definition) is 4. The summed E-state index contributed by atoms with van der Waals surface area (Å²) >= 11 is 6.17. The van der Waals surface area contributed by atoms with Crippen LogP contribution in [-0.4, -0.2) is 34.6 Å². The maximum absolute atomic E-state index is 13.1. The number of nitrogens with zero attached hydrogens (tertiary/aromatic N) is 2. The van der Waals surface area contributed by atoms with Crippen molar-refractivity contribution < 1.29 is 9.53 Å². The van der Waals surface area contributed by atoms with E-state index in [1.165, 1.54) is 0 Å². The molecule has 2 atom stereocenters. The SMILES string of the molecule is C[C@@H](NC(=O)c1cc(-c2ccccn2)nc2ccc(Cl)cc12)[C@@H]1CCCO1. The third-order valence-corrected chi connectivity index (χ3v) is 5.06. The fraction of sp³-hybridized carbons (Fsp3) is 0.286. The minimum Gasteiger partial charge on any atom is -0.376 e. The van der Waals surface area contributed by atoms with Gasteiger partial charge in [0.2, 0.25) is 0 Å². The van der Waals surface area contributed by atoms with Crippen LogP contribution in [0, 0.1) is 0 Å². The lowest BCUT2D eigenvalue weighted by molar-refractivity contribution is 0.0713. The maximum Gasteiger partial charge on any atom is 0.252 e. The van der Waals surface area contributed by atoms with Crippen LogP contribution in [0.3, 0.4) is 0 Å². The first-order valence-electron chi connectivity index (χ1n) is 9.06. The normalized spacial score (nSPS) is 17.8. The maximum atomic E-state index is 13.1. The molecule has 2 aromatic heterocycles. The van der Waals surface area contributed by atoms with Gasteiger partial charge in [-0.05, 0) is 56.2 Å². The predicted octanol–water partition coefficient (Wildman–Crippen LogP) is 4.25. The minimum atomic E-state index is -0.162. The van der Waals surface area contributed by atoms with Crippen LogP contribution in [-0.2, 0) is 4.74 Å². The quantitative estimate of drug-likeness (QED) is 0.733. The Labute approximate surface area is 162 Å². The number of aromatic nitrogens is 2. The van der Waals surface area contributed by atoms with E-state index in [1.54, 1.807) is 24.4 Å². The van der Waals surface area contributed by atoms with Crippen molar-refractivity contribution in [1.29, 1.82) is 0 Å². The van der Waals surface area contributed by atoms with Crippen LogP contribution in [0.25, 0.3) is 22.3 Å². The van der Waals surface area contributed by atoms with E-state index in [0.29, 0.717) is 21.8 Å². The van der Waals surface area contributed by atoms with Gasteiger partial charge in [-0.25, -0.2) is 4.98 Å². The second-order valence-electron chi connectivity index (χ2n) is 6.75. The van der Waals surface area contributed by atoms with Crippen molar-refractivity contribution in [2.45, 2.75) is 31.9 Å². The Hall–Kier alpha value is -2.50. The number of carbonyl (C=O) groups excluding carboxylic acids is 1. The predicted molar refractivity (Wildman–Crippen MR) is 106 cm³/mol. The van der Waals surface area contributed by atoms with E-state index in [2.05, 4.69) is 15.3 Å². The molecule has 5 nitrogen and oxygen atoms in total. The summed E-state index contributed by atoms with van der Waals surface area (Å²) in [5.74, 6) is -0.162. The Bertz CT molecular complexity index is 972. The zero-order chi connectivity index (χ0) is 18.8. The van der Waals surface area contributed by atoms with Gasteiger partial charge in [0, 0.05) is 23.2 Å². The van der Waals surface area contributed by atoms with E-state index in [-0.39, 0.29) is 18.1 Å². The molecule has 1 N–H and O–H groups in total. The van der Waals surface area contributed by atoms with Crippen molar-refractivity contribution in [1.82, 2.24) is 15.3 Å². The van der Waals surface area contributed by atoms with Gasteiger partial charge in [-0.2, -0.15) is 0 Å². The first kappa shape index (κ1) is 17.9. The van der Waals surface area contributed by atoms with Gasteiger partial charge in [0.25, 0.3) is 5.91 Å². The van der Waals surface area contributed by atoms with Gasteiger partial charge in [0.05, 0.1) is 34.6 Å². The number of ether oxygens (including phenoxy) is 1. The standard InChI is InChI=1S/C21H20ClN3O2/c1-13(20-6-4-10-27-20)24-21(26)16-12-19(18-5-2-3-9-23-18)25-17-8-7-14(22)11-15(16)17/h2-3,5,7-9,11-13,20H,4,6,10H2,1H3,(H,24,26)/t13-,20+/m1/s1. The summed E-state index contributed by atoms with van der Waals surface area (Å²) in [6.45, 7) is 2.73. The van der Waals surface area contributed by atoms with E-state index in [1.807, 2.05) is 31.2 Å². The van der Waals surface area contributed by atoms with Crippen LogP contribution in [0.15, 0.2) is 48.7 Å². The van der Waals surface area contributed by atoms with Gasteiger partial charge in [0.1, 0.15) is 0 Å². The Kier molecular flexibility index (Phi) is 5.05. The van der Waals surface area contributed by atoms with Crippen molar-refractivity contribution in [3.05, 3.63) is 59.2 Å². The molecule has 0 bridgehead atoms. The second-order valence-corrected chi connectivity index (χ2v) is 7.18. The lowest BCUT2D eigenvalue weighted by atomic mass is 10.0. The Morgan fingerprint density at radius 1 is 1.26 bits per heavy atom. The first-order valence-corrected chi connectivity index (χ1v) is 9.44. The highest BCUT2D eigenvalue weighted by atomic mass is 35.5. The van der Waals surface area contributed by atoms with E-state index in [0.717, 1.165) is 30.5 Å². The minimum absolute atomic E-state index is 0.0564. The fourth-order valence-electron chi connectivity index (χ4n) is 3.41. The number of carbonyl (C=O) groups is 1. The average Bonchev–Trinajstić information content (AvgIpc) is 3.23. The van der Waals surface area contributed by atoms with Crippen molar-refractivity contribution in [2.75, 3.05) is 6.61 Å². The highest BCUT2D eigenvalue weighted by Crippen LogP contribution is 2.26. The van der Waals surface area contributed by atoms with Crippen molar-refractivity contribution >= 4 is 28.4 Å². The van der Waals surface area contributed by atoms with Crippen LogP contribution in [0.2, 0.25) is 5.02 Å². The number of amides is 1. The van der Waals surface area contributed by atoms with Crippen LogP contribution in [0.1, 0.15) is 30.1 Å². The molecule has 0 radical (unpaired) electrons. The molecule has 0 saturated carbocycles. The number of rotatable bonds is 4. The zero-order valence-corrected chi connectivity index (χ0v) is 15.7. The van der Waals surface area contributed by atoms with Gasteiger partial charge < -0.3 is 10.1 Å². The fourth-order valence-corrected chi connectivity index (χ4v) is 3.58. The summed E-state index contributed by atoms with van der Waals surface area (Å²) in [5.41, 5.74) is 2.61. The summed E-state index contributed by atoms with van der Waals surface area (Å²) in [6.07, 6.45) is 3.76. The van der Waals surface area contributed by atoms with Gasteiger partial charge in [-0.15, -0.1) is 0 Å². The third-order valence-electron chi connectivity index (χ3n) is 4.82. The molecule has 138 valence electrons.